The van der Waals surface area contributed by atoms with Crippen LogP contribution in [0.3, 0.4) is 0 Å². The topological polar surface area (TPSA) is 96.0 Å². The smallest absolute Gasteiger partial charge is 0.244 e. The molecule has 9 heteroatoms. The third-order valence-corrected chi connectivity index (χ3v) is 6.35. The number of aryl methyl sites for hydroxylation is 2. The summed E-state index contributed by atoms with van der Waals surface area (Å²) in [7, 11) is -0.692. The first kappa shape index (κ1) is 25.2. The van der Waals surface area contributed by atoms with Crippen LogP contribution in [-0.2, 0) is 26.2 Å². The summed E-state index contributed by atoms with van der Waals surface area (Å²) in [5.74, 6) is -0.157. The second-order valence-electron chi connectivity index (χ2n) is 7.72. The highest BCUT2D eigenvalue weighted by molar-refractivity contribution is 7.92. The van der Waals surface area contributed by atoms with Gasteiger partial charge in [0.2, 0.25) is 21.8 Å². The molecule has 32 heavy (non-hydrogen) atoms. The Hall–Kier alpha value is -3.07. The Balaban J connectivity index is 2.39. The molecule has 2 amide bonds. The summed E-state index contributed by atoms with van der Waals surface area (Å²) in [5, 5.41) is 2.55. The van der Waals surface area contributed by atoms with Crippen molar-refractivity contribution in [2.75, 3.05) is 31.3 Å². The normalized spacial score (nSPS) is 12.1. The van der Waals surface area contributed by atoms with E-state index < -0.39 is 28.5 Å². The molecule has 2 aromatic rings. The lowest BCUT2D eigenvalue weighted by Gasteiger charge is -2.31. The van der Waals surface area contributed by atoms with Gasteiger partial charge in [-0.05, 0) is 50.1 Å². The predicted molar refractivity (Wildman–Crippen MR) is 125 cm³/mol. The Labute approximate surface area is 190 Å². The standard InChI is InChI=1S/C23H31N3O5S/c1-16-7-12-21(17(2)13-16)26(32(6,29)30)15-22(27)25(18(3)23(28)24-4)14-19-8-10-20(31-5)11-9-19/h7-13,18H,14-15H2,1-6H3,(H,24,28)/t18-/m1/s1. The number of methoxy groups -OCH3 is 1. The van der Waals surface area contributed by atoms with Crippen LogP contribution in [0.2, 0.25) is 0 Å². The SMILES string of the molecule is CNC(=O)[C@@H](C)N(Cc1ccc(OC)cc1)C(=O)CN(c1ccc(C)cc1C)S(C)(=O)=O. The van der Waals surface area contributed by atoms with Crippen LogP contribution < -0.4 is 14.4 Å². The van der Waals surface area contributed by atoms with E-state index in [0.717, 1.165) is 27.3 Å². The fraction of sp³-hybridized carbons (Fsp3) is 0.391. The molecule has 0 fully saturated rings. The number of benzene rings is 2. The van der Waals surface area contributed by atoms with Gasteiger partial charge in [0, 0.05) is 13.6 Å². The minimum Gasteiger partial charge on any atom is -0.497 e. The summed E-state index contributed by atoms with van der Waals surface area (Å²) >= 11 is 0. The number of sulfonamides is 1. The van der Waals surface area contributed by atoms with Crippen LogP contribution in [0, 0.1) is 13.8 Å². The molecule has 0 bridgehead atoms. The molecule has 2 rings (SSSR count). The molecule has 0 unspecified atom stereocenters. The summed E-state index contributed by atoms with van der Waals surface area (Å²) in [6, 6.07) is 11.7. The zero-order valence-corrected chi connectivity index (χ0v) is 20.2. The van der Waals surface area contributed by atoms with Crippen LogP contribution in [0.15, 0.2) is 42.5 Å². The molecule has 2 aromatic carbocycles. The van der Waals surface area contributed by atoms with Gasteiger partial charge in [-0.25, -0.2) is 8.42 Å². The average Bonchev–Trinajstić information content (AvgIpc) is 2.74. The van der Waals surface area contributed by atoms with Crippen molar-refractivity contribution in [3.8, 4) is 5.75 Å². The second kappa shape index (κ2) is 10.5. The highest BCUT2D eigenvalue weighted by Crippen LogP contribution is 2.24. The molecule has 0 aromatic heterocycles. The van der Waals surface area contributed by atoms with Gasteiger partial charge in [0.25, 0.3) is 0 Å². The number of amides is 2. The quantitative estimate of drug-likeness (QED) is 0.618. The van der Waals surface area contributed by atoms with E-state index in [2.05, 4.69) is 5.32 Å². The molecule has 8 nitrogen and oxygen atoms in total. The molecule has 1 atom stereocenters. The van der Waals surface area contributed by atoms with Crippen molar-refractivity contribution in [1.82, 2.24) is 10.2 Å². The summed E-state index contributed by atoms with van der Waals surface area (Å²) in [6.07, 6.45) is 1.07. The first-order valence-electron chi connectivity index (χ1n) is 10.2. The van der Waals surface area contributed by atoms with Crippen LogP contribution in [0.4, 0.5) is 5.69 Å². The number of ether oxygens (including phenoxy) is 1. The molecule has 0 radical (unpaired) electrons. The third-order valence-electron chi connectivity index (χ3n) is 5.23. The van der Waals surface area contributed by atoms with Gasteiger partial charge in [-0.3, -0.25) is 13.9 Å². The van der Waals surface area contributed by atoms with Gasteiger partial charge in [0.1, 0.15) is 18.3 Å². The lowest BCUT2D eigenvalue weighted by atomic mass is 10.1. The highest BCUT2D eigenvalue weighted by atomic mass is 32.2. The van der Waals surface area contributed by atoms with Gasteiger partial charge in [-0.15, -0.1) is 0 Å². The molecule has 0 saturated carbocycles. The Morgan fingerprint density at radius 3 is 2.22 bits per heavy atom. The summed E-state index contributed by atoms with van der Waals surface area (Å²) in [6.45, 7) is 5.05. The number of anilines is 1. The van der Waals surface area contributed by atoms with E-state index >= 15 is 0 Å². The van der Waals surface area contributed by atoms with Crippen molar-refractivity contribution < 1.29 is 22.7 Å². The fourth-order valence-corrected chi connectivity index (χ4v) is 4.31. The highest BCUT2D eigenvalue weighted by Gasteiger charge is 2.30. The zero-order chi connectivity index (χ0) is 24.1. The Morgan fingerprint density at radius 2 is 1.72 bits per heavy atom. The van der Waals surface area contributed by atoms with Gasteiger partial charge >= 0.3 is 0 Å². The van der Waals surface area contributed by atoms with Gasteiger partial charge < -0.3 is 15.0 Å². The number of nitrogens with one attached hydrogen (secondary N) is 1. The van der Waals surface area contributed by atoms with E-state index in [-0.39, 0.29) is 12.5 Å². The average molecular weight is 462 g/mol. The maximum atomic E-state index is 13.4. The van der Waals surface area contributed by atoms with Gasteiger partial charge in [0.05, 0.1) is 19.1 Å². The first-order valence-corrected chi connectivity index (χ1v) is 12.0. The van der Waals surface area contributed by atoms with E-state index in [9.17, 15) is 18.0 Å². The number of carbonyl (C=O) groups excluding carboxylic acids is 2. The van der Waals surface area contributed by atoms with Crippen molar-refractivity contribution in [2.24, 2.45) is 0 Å². The van der Waals surface area contributed by atoms with Crippen molar-refractivity contribution in [2.45, 2.75) is 33.4 Å². The lowest BCUT2D eigenvalue weighted by molar-refractivity contribution is -0.139. The molecule has 0 spiro atoms. The van der Waals surface area contributed by atoms with Crippen molar-refractivity contribution >= 4 is 27.5 Å². The molecule has 1 N–H and O–H groups in total. The number of likely N-dealkylation sites (N-methyl/N-ethyl adjacent to an activating group) is 1. The van der Waals surface area contributed by atoms with Crippen LogP contribution in [0.1, 0.15) is 23.6 Å². The van der Waals surface area contributed by atoms with Gasteiger partial charge in [-0.1, -0.05) is 29.8 Å². The first-order chi connectivity index (χ1) is 15.0. The van der Waals surface area contributed by atoms with Gasteiger partial charge in [0.15, 0.2) is 0 Å². The second-order valence-corrected chi connectivity index (χ2v) is 9.63. The Morgan fingerprint density at radius 1 is 1.09 bits per heavy atom. The van der Waals surface area contributed by atoms with Crippen molar-refractivity contribution in [3.63, 3.8) is 0 Å². The fourth-order valence-electron chi connectivity index (χ4n) is 3.40. The van der Waals surface area contributed by atoms with E-state index in [1.54, 1.807) is 57.4 Å². The summed E-state index contributed by atoms with van der Waals surface area (Å²) < 4.78 is 31.4. The summed E-state index contributed by atoms with van der Waals surface area (Å²) in [4.78, 5) is 27.1. The largest absolute Gasteiger partial charge is 0.497 e. The number of carbonyl (C=O) groups is 2. The Bertz CT molecular complexity index is 1070. The Kier molecular flexibility index (Phi) is 8.26. The number of nitrogens with zero attached hydrogens (tertiary/aromatic N) is 2. The molecule has 0 heterocycles. The molecule has 0 saturated heterocycles. The molecule has 174 valence electrons. The van der Waals surface area contributed by atoms with Gasteiger partial charge in [-0.2, -0.15) is 0 Å². The minimum atomic E-state index is -3.75. The van der Waals surface area contributed by atoms with E-state index in [4.69, 9.17) is 4.74 Å². The lowest BCUT2D eigenvalue weighted by Crippen LogP contribution is -2.50. The van der Waals surface area contributed by atoms with Crippen LogP contribution in [0.25, 0.3) is 0 Å². The maximum Gasteiger partial charge on any atom is 0.244 e. The zero-order valence-electron chi connectivity index (χ0n) is 19.4. The molecule has 0 aliphatic rings. The third kappa shape index (κ3) is 6.23. The van der Waals surface area contributed by atoms with Crippen molar-refractivity contribution in [3.05, 3.63) is 59.2 Å². The van der Waals surface area contributed by atoms with Crippen LogP contribution >= 0.6 is 0 Å². The monoisotopic (exact) mass is 461 g/mol. The van der Waals surface area contributed by atoms with Crippen molar-refractivity contribution in [1.29, 1.82) is 0 Å². The molecule has 0 aliphatic heterocycles. The number of hydrogen-bond donors (Lipinski definition) is 1. The predicted octanol–water partition coefficient (Wildman–Crippen LogP) is 2.24. The minimum absolute atomic E-state index is 0.141. The van der Waals surface area contributed by atoms with Crippen LogP contribution in [-0.4, -0.2) is 58.1 Å². The number of rotatable bonds is 9. The summed E-state index contributed by atoms with van der Waals surface area (Å²) in [5.41, 5.74) is 2.94. The maximum absolute atomic E-state index is 13.4. The van der Waals surface area contributed by atoms with E-state index in [1.165, 1.54) is 11.9 Å². The van der Waals surface area contributed by atoms with E-state index in [1.807, 2.05) is 13.0 Å². The molecule has 0 aliphatic carbocycles. The molecular formula is C23H31N3O5S. The molecular weight excluding hydrogens is 430 g/mol. The number of hydrogen-bond acceptors (Lipinski definition) is 5. The van der Waals surface area contributed by atoms with Crippen LogP contribution in [0.5, 0.6) is 5.75 Å². The van der Waals surface area contributed by atoms with E-state index in [0.29, 0.717) is 11.4 Å².